The van der Waals surface area contributed by atoms with Crippen molar-refractivity contribution in [2.24, 2.45) is 5.73 Å². The fourth-order valence-electron chi connectivity index (χ4n) is 3.88. The van der Waals surface area contributed by atoms with Gasteiger partial charge in [-0.15, -0.1) is 12.4 Å². The van der Waals surface area contributed by atoms with E-state index in [-0.39, 0.29) is 30.3 Å². The van der Waals surface area contributed by atoms with E-state index >= 15 is 0 Å². The molecule has 0 aliphatic carbocycles. The van der Waals surface area contributed by atoms with E-state index in [2.05, 4.69) is 48.5 Å². The van der Waals surface area contributed by atoms with Gasteiger partial charge in [0.2, 0.25) is 5.91 Å². The van der Waals surface area contributed by atoms with E-state index in [1.165, 1.54) is 11.1 Å². The summed E-state index contributed by atoms with van der Waals surface area (Å²) in [7, 11) is 0. The first kappa shape index (κ1) is 23.4. The molecule has 4 nitrogen and oxygen atoms in total. The monoisotopic (exact) mass is 416 g/mol. The van der Waals surface area contributed by atoms with Crippen molar-refractivity contribution in [1.29, 1.82) is 0 Å². The van der Waals surface area contributed by atoms with Gasteiger partial charge in [-0.1, -0.05) is 60.7 Å². The van der Waals surface area contributed by atoms with Crippen LogP contribution in [0, 0.1) is 0 Å². The largest absolute Gasteiger partial charge is 0.378 e. The highest BCUT2D eigenvalue weighted by molar-refractivity contribution is 5.85. The number of hydrogen-bond donors (Lipinski definition) is 1. The standard InChI is InChI=1S/C24H32N2O2.ClH/c25-14-7-17-28-23-12-15-26(16-13-23)24(27)19-22(21-10-5-2-6-11-21)18-20-8-3-1-4-9-20;/h1-6,8-11,22-23H,7,12-19,25H2;1H. The first-order valence-corrected chi connectivity index (χ1v) is 10.4. The molecule has 2 aromatic carbocycles. The summed E-state index contributed by atoms with van der Waals surface area (Å²) >= 11 is 0. The Kier molecular flexibility index (Phi) is 10.2. The van der Waals surface area contributed by atoms with Crippen molar-refractivity contribution >= 4 is 18.3 Å². The van der Waals surface area contributed by atoms with Gasteiger partial charge in [0.1, 0.15) is 0 Å². The second-order valence-corrected chi connectivity index (χ2v) is 7.59. The van der Waals surface area contributed by atoms with Gasteiger partial charge in [0.05, 0.1) is 6.10 Å². The molecule has 0 saturated carbocycles. The molecule has 1 unspecified atom stereocenters. The summed E-state index contributed by atoms with van der Waals surface area (Å²) < 4.78 is 5.86. The number of likely N-dealkylation sites (tertiary alicyclic amines) is 1. The number of nitrogens with zero attached hydrogens (tertiary/aromatic N) is 1. The average Bonchev–Trinajstić information content (AvgIpc) is 2.75. The molecule has 29 heavy (non-hydrogen) atoms. The van der Waals surface area contributed by atoms with Gasteiger partial charge < -0.3 is 15.4 Å². The van der Waals surface area contributed by atoms with E-state index < -0.39 is 0 Å². The lowest BCUT2D eigenvalue weighted by Crippen LogP contribution is -2.41. The number of piperidine rings is 1. The predicted octanol–water partition coefficient (Wildman–Crippen LogP) is 4.18. The smallest absolute Gasteiger partial charge is 0.223 e. The lowest BCUT2D eigenvalue weighted by Gasteiger charge is -2.33. The van der Waals surface area contributed by atoms with Crippen LogP contribution in [0.4, 0.5) is 0 Å². The zero-order valence-electron chi connectivity index (χ0n) is 17.0. The van der Waals surface area contributed by atoms with Crippen molar-refractivity contribution < 1.29 is 9.53 Å². The molecule has 1 heterocycles. The van der Waals surface area contributed by atoms with Gasteiger partial charge in [-0.3, -0.25) is 4.79 Å². The van der Waals surface area contributed by atoms with E-state index in [1.807, 2.05) is 17.0 Å². The molecule has 0 aromatic heterocycles. The highest BCUT2D eigenvalue weighted by Gasteiger charge is 2.25. The maximum absolute atomic E-state index is 13.0. The van der Waals surface area contributed by atoms with E-state index in [0.29, 0.717) is 13.0 Å². The summed E-state index contributed by atoms with van der Waals surface area (Å²) in [5, 5.41) is 0. The van der Waals surface area contributed by atoms with Crippen molar-refractivity contribution in [3.05, 3.63) is 71.8 Å². The van der Waals surface area contributed by atoms with Crippen LogP contribution in [0.15, 0.2) is 60.7 Å². The normalized spacial score (nSPS) is 15.6. The van der Waals surface area contributed by atoms with Crippen molar-refractivity contribution in [3.8, 4) is 0 Å². The fraction of sp³-hybridized carbons (Fsp3) is 0.458. The molecule has 1 aliphatic heterocycles. The molecule has 3 rings (SSSR count). The van der Waals surface area contributed by atoms with Gasteiger partial charge in [0.15, 0.2) is 0 Å². The minimum Gasteiger partial charge on any atom is -0.378 e. The number of hydrogen-bond acceptors (Lipinski definition) is 3. The average molecular weight is 417 g/mol. The molecule has 0 radical (unpaired) electrons. The van der Waals surface area contributed by atoms with Crippen molar-refractivity contribution in [2.75, 3.05) is 26.2 Å². The van der Waals surface area contributed by atoms with Gasteiger partial charge >= 0.3 is 0 Å². The summed E-state index contributed by atoms with van der Waals surface area (Å²) in [5.41, 5.74) is 8.03. The van der Waals surface area contributed by atoms with E-state index in [1.54, 1.807) is 0 Å². The maximum atomic E-state index is 13.0. The minimum atomic E-state index is 0. The van der Waals surface area contributed by atoms with Crippen LogP contribution < -0.4 is 5.73 Å². The number of rotatable bonds is 9. The van der Waals surface area contributed by atoms with Gasteiger partial charge in [0.25, 0.3) is 0 Å². The van der Waals surface area contributed by atoms with Gasteiger partial charge in [-0.25, -0.2) is 0 Å². The molecule has 2 N–H and O–H groups in total. The molecule has 0 spiro atoms. The number of halogens is 1. The molecular formula is C24H33ClN2O2. The summed E-state index contributed by atoms with van der Waals surface area (Å²) in [6.07, 6.45) is 4.45. The highest BCUT2D eigenvalue weighted by Crippen LogP contribution is 2.26. The van der Waals surface area contributed by atoms with Crippen LogP contribution in [0.25, 0.3) is 0 Å². The Morgan fingerprint density at radius 3 is 2.28 bits per heavy atom. The molecule has 158 valence electrons. The summed E-state index contributed by atoms with van der Waals surface area (Å²) in [5.74, 6) is 0.458. The third kappa shape index (κ3) is 7.46. The second kappa shape index (κ2) is 12.6. The Balaban J connectivity index is 0.00000300. The lowest BCUT2D eigenvalue weighted by atomic mass is 9.88. The van der Waals surface area contributed by atoms with Crippen LogP contribution in [-0.2, 0) is 16.0 Å². The number of amides is 1. The van der Waals surface area contributed by atoms with Crippen molar-refractivity contribution in [3.63, 3.8) is 0 Å². The zero-order valence-corrected chi connectivity index (χ0v) is 17.9. The number of ether oxygens (including phenoxy) is 1. The minimum absolute atomic E-state index is 0. The molecule has 1 aliphatic rings. The van der Waals surface area contributed by atoms with Crippen molar-refractivity contribution in [1.82, 2.24) is 4.90 Å². The molecule has 1 saturated heterocycles. The lowest BCUT2D eigenvalue weighted by molar-refractivity contribution is -0.134. The molecule has 2 aromatic rings. The second-order valence-electron chi connectivity index (χ2n) is 7.59. The highest BCUT2D eigenvalue weighted by atomic mass is 35.5. The topological polar surface area (TPSA) is 55.6 Å². The summed E-state index contributed by atoms with van der Waals surface area (Å²) in [6, 6.07) is 20.9. The third-order valence-electron chi connectivity index (χ3n) is 5.51. The first-order chi connectivity index (χ1) is 13.8. The Labute approximate surface area is 180 Å². The van der Waals surface area contributed by atoms with Crippen LogP contribution in [-0.4, -0.2) is 43.2 Å². The number of nitrogens with two attached hydrogens (primary N) is 1. The number of benzene rings is 2. The Morgan fingerprint density at radius 1 is 1.03 bits per heavy atom. The van der Waals surface area contributed by atoms with Gasteiger partial charge in [-0.2, -0.15) is 0 Å². The molecule has 1 fully saturated rings. The van der Waals surface area contributed by atoms with E-state index in [9.17, 15) is 4.79 Å². The van der Waals surface area contributed by atoms with Gasteiger partial charge in [-0.05, 0) is 49.3 Å². The Morgan fingerprint density at radius 2 is 1.66 bits per heavy atom. The van der Waals surface area contributed by atoms with Crippen LogP contribution in [0.5, 0.6) is 0 Å². The molecule has 1 atom stereocenters. The molecular weight excluding hydrogens is 384 g/mol. The third-order valence-corrected chi connectivity index (χ3v) is 5.51. The molecule has 1 amide bonds. The molecule has 0 bridgehead atoms. The van der Waals surface area contributed by atoms with E-state index in [4.69, 9.17) is 10.5 Å². The fourth-order valence-corrected chi connectivity index (χ4v) is 3.88. The zero-order chi connectivity index (χ0) is 19.6. The quantitative estimate of drug-likeness (QED) is 0.624. The van der Waals surface area contributed by atoms with Crippen LogP contribution >= 0.6 is 12.4 Å². The van der Waals surface area contributed by atoms with Crippen LogP contribution in [0.1, 0.15) is 42.7 Å². The number of carbonyl (C=O) groups excluding carboxylic acids is 1. The summed E-state index contributed by atoms with van der Waals surface area (Å²) in [4.78, 5) is 15.0. The Hall–Kier alpha value is -1.88. The Bertz CT molecular complexity index is 703. The number of carbonyl (C=O) groups is 1. The first-order valence-electron chi connectivity index (χ1n) is 10.4. The van der Waals surface area contributed by atoms with Crippen molar-refractivity contribution in [2.45, 2.75) is 44.1 Å². The van der Waals surface area contributed by atoms with Crippen LogP contribution in [0.2, 0.25) is 0 Å². The summed E-state index contributed by atoms with van der Waals surface area (Å²) in [6.45, 7) is 2.97. The van der Waals surface area contributed by atoms with Gasteiger partial charge in [0, 0.05) is 26.1 Å². The van der Waals surface area contributed by atoms with Crippen LogP contribution in [0.3, 0.4) is 0 Å². The SMILES string of the molecule is Cl.NCCCOC1CCN(C(=O)CC(Cc2ccccc2)c2ccccc2)CC1. The van der Waals surface area contributed by atoms with E-state index in [0.717, 1.165) is 45.4 Å². The maximum Gasteiger partial charge on any atom is 0.223 e. The predicted molar refractivity (Wildman–Crippen MR) is 120 cm³/mol. The molecule has 5 heteroatoms.